The molecule has 0 aliphatic heterocycles. The van der Waals surface area contributed by atoms with E-state index in [0.29, 0.717) is 0 Å². The number of nitriles is 1. The van der Waals surface area contributed by atoms with E-state index in [4.69, 9.17) is 5.26 Å². The number of esters is 1. The molecule has 4 nitrogen and oxygen atoms in total. The average Bonchev–Trinajstić information content (AvgIpc) is 2.27. The number of halogens is 3. The predicted molar refractivity (Wildman–Crippen MR) is 61.0 cm³/mol. The van der Waals surface area contributed by atoms with Crippen LogP contribution >= 0.6 is 12.6 Å². The third kappa shape index (κ3) is 4.06. The van der Waals surface area contributed by atoms with Gasteiger partial charge in [0.25, 0.3) is 0 Å². The minimum Gasteiger partial charge on any atom is -0.462 e. The highest BCUT2D eigenvalue weighted by Crippen LogP contribution is 2.31. The standard InChI is InChI=1S/C11H8F3NO3S/c1-2-17-10(16)7-3-6(5-15)9(19)4-8(7)18-11(12,13)14/h3-4,19H,2H2,1H3. The molecule has 0 heterocycles. The van der Waals surface area contributed by atoms with Crippen LogP contribution in [-0.4, -0.2) is 18.9 Å². The molecule has 0 radical (unpaired) electrons. The van der Waals surface area contributed by atoms with Gasteiger partial charge >= 0.3 is 12.3 Å². The van der Waals surface area contributed by atoms with Crippen LogP contribution in [-0.2, 0) is 4.74 Å². The van der Waals surface area contributed by atoms with Crippen molar-refractivity contribution in [3.63, 3.8) is 0 Å². The third-order valence-corrected chi connectivity index (χ3v) is 2.31. The molecule has 0 bridgehead atoms. The van der Waals surface area contributed by atoms with Crippen LogP contribution < -0.4 is 4.74 Å². The van der Waals surface area contributed by atoms with Gasteiger partial charge in [-0.15, -0.1) is 25.8 Å². The van der Waals surface area contributed by atoms with Gasteiger partial charge in [0.1, 0.15) is 17.4 Å². The van der Waals surface area contributed by atoms with Crippen molar-refractivity contribution >= 4 is 18.6 Å². The van der Waals surface area contributed by atoms with Crippen LogP contribution in [0.3, 0.4) is 0 Å². The first-order chi connectivity index (χ1) is 8.78. The predicted octanol–water partition coefficient (Wildman–Crippen LogP) is 2.92. The van der Waals surface area contributed by atoms with Gasteiger partial charge in [-0.25, -0.2) is 4.79 Å². The monoisotopic (exact) mass is 291 g/mol. The molecule has 0 N–H and O–H groups in total. The van der Waals surface area contributed by atoms with Gasteiger partial charge in [0.05, 0.1) is 12.2 Å². The van der Waals surface area contributed by atoms with E-state index in [1.807, 2.05) is 0 Å². The Bertz CT molecular complexity index is 537. The average molecular weight is 291 g/mol. The van der Waals surface area contributed by atoms with Gasteiger partial charge in [-0.2, -0.15) is 5.26 Å². The number of thiol groups is 1. The lowest BCUT2D eigenvalue weighted by atomic mass is 10.1. The summed E-state index contributed by atoms with van der Waals surface area (Å²) in [6.45, 7) is 1.48. The number of benzene rings is 1. The SMILES string of the molecule is CCOC(=O)c1cc(C#N)c(S)cc1OC(F)(F)F. The van der Waals surface area contributed by atoms with Crippen LogP contribution in [0.5, 0.6) is 5.75 Å². The summed E-state index contributed by atoms with van der Waals surface area (Å²) < 4.78 is 45.0. The molecular weight excluding hydrogens is 283 g/mol. The van der Waals surface area contributed by atoms with E-state index in [2.05, 4.69) is 22.1 Å². The van der Waals surface area contributed by atoms with Crippen LogP contribution in [0.15, 0.2) is 17.0 Å². The third-order valence-electron chi connectivity index (χ3n) is 1.94. The molecule has 0 spiro atoms. The van der Waals surface area contributed by atoms with Gasteiger partial charge in [-0.1, -0.05) is 0 Å². The Morgan fingerprint density at radius 1 is 1.47 bits per heavy atom. The largest absolute Gasteiger partial charge is 0.573 e. The summed E-state index contributed by atoms with van der Waals surface area (Å²) in [5.41, 5.74) is -0.533. The fourth-order valence-electron chi connectivity index (χ4n) is 1.24. The fourth-order valence-corrected chi connectivity index (χ4v) is 1.47. The molecule has 0 aromatic heterocycles. The number of hydrogen-bond donors (Lipinski definition) is 1. The quantitative estimate of drug-likeness (QED) is 0.687. The lowest BCUT2D eigenvalue weighted by Gasteiger charge is -2.13. The number of carbonyl (C=O) groups excluding carboxylic acids is 1. The van der Waals surface area contributed by atoms with Crippen LogP contribution in [0, 0.1) is 11.3 Å². The van der Waals surface area contributed by atoms with E-state index in [9.17, 15) is 18.0 Å². The minimum atomic E-state index is -4.96. The Morgan fingerprint density at radius 3 is 2.58 bits per heavy atom. The Balaban J connectivity index is 3.31. The van der Waals surface area contributed by atoms with Crippen LogP contribution in [0.25, 0.3) is 0 Å². The van der Waals surface area contributed by atoms with Gasteiger partial charge in [-0.3, -0.25) is 0 Å². The van der Waals surface area contributed by atoms with Gasteiger partial charge < -0.3 is 9.47 Å². The van der Waals surface area contributed by atoms with Crippen LogP contribution in [0.4, 0.5) is 13.2 Å². The summed E-state index contributed by atoms with van der Waals surface area (Å²) in [4.78, 5) is 11.5. The van der Waals surface area contributed by atoms with E-state index in [1.54, 1.807) is 6.07 Å². The fraction of sp³-hybridized carbons (Fsp3) is 0.273. The normalized spacial score (nSPS) is 10.7. The van der Waals surface area contributed by atoms with Crippen molar-refractivity contribution < 1.29 is 27.4 Å². The van der Waals surface area contributed by atoms with Crippen molar-refractivity contribution in [2.45, 2.75) is 18.2 Å². The second kappa shape index (κ2) is 5.84. The first-order valence-electron chi connectivity index (χ1n) is 4.98. The molecule has 1 rings (SSSR count). The Labute approximate surface area is 112 Å². The molecule has 19 heavy (non-hydrogen) atoms. The number of carbonyl (C=O) groups is 1. The zero-order chi connectivity index (χ0) is 14.6. The number of alkyl halides is 3. The molecule has 0 unspecified atom stereocenters. The van der Waals surface area contributed by atoms with Crippen LogP contribution in [0.1, 0.15) is 22.8 Å². The summed E-state index contributed by atoms with van der Waals surface area (Å²) >= 11 is 3.84. The van der Waals surface area contributed by atoms with Gasteiger partial charge in [-0.05, 0) is 19.1 Å². The Hall–Kier alpha value is -1.88. The second-order valence-corrected chi connectivity index (χ2v) is 3.73. The van der Waals surface area contributed by atoms with Gasteiger partial charge in [0, 0.05) is 4.90 Å². The summed E-state index contributed by atoms with van der Waals surface area (Å²) in [6.07, 6.45) is -4.96. The molecule has 0 aliphatic rings. The van der Waals surface area contributed by atoms with E-state index in [0.717, 1.165) is 12.1 Å². The van der Waals surface area contributed by atoms with Crippen molar-refractivity contribution in [2.24, 2.45) is 0 Å². The molecule has 0 aliphatic carbocycles. The van der Waals surface area contributed by atoms with Crippen molar-refractivity contribution in [1.29, 1.82) is 5.26 Å². The maximum absolute atomic E-state index is 12.2. The lowest BCUT2D eigenvalue weighted by molar-refractivity contribution is -0.274. The van der Waals surface area contributed by atoms with Crippen molar-refractivity contribution in [1.82, 2.24) is 0 Å². The van der Waals surface area contributed by atoms with E-state index < -0.39 is 23.6 Å². The molecule has 0 atom stereocenters. The highest BCUT2D eigenvalue weighted by atomic mass is 32.1. The van der Waals surface area contributed by atoms with Gasteiger partial charge in [0.2, 0.25) is 0 Å². The minimum absolute atomic E-state index is 0.0190. The molecular formula is C11H8F3NO3S. The van der Waals surface area contributed by atoms with E-state index in [-0.39, 0.29) is 17.1 Å². The summed E-state index contributed by atoms with van der Waals surface area (Å²) in [6, 6.07) is 3.50. The molecule has 8 heteroatoms. The number of ether oxygens (including phenoxy) is 2. The van der Waals surface area contributed by atoms with Crippen molar-refractivity contribution in [3.05, 3.63) is 23.3 Å². The van der Waals surface area contributed by atoms with Crippen LogP contribution in [0.2, 0.25) is 0 Å². The van der Waals surface area contributed by atoms with Crippen molar-refractivity contribution in [3.8, 4) is 11.8 Å². The summed E-state index contributed by atoms with van der Waals surface area (Å²) in [7, 11) is 0. The smallest absolute Gasteiger partial charge is 0.462 e. The number of rotatable bonds is 3. The second-order valence-electron chi connectivity index (χ2n) is 3.25. The number of nitrogens with zero attached hydrogens (tertiary/aromatic N) is 1. The molecule has 1 aromatic rings. The number of hydrogen-bond acceptors (Lipinski definition) is 5. The lowest BCUT2D eigenvalue weighted by Crippen LogP contribution is -2.20. The first-order valence-corrected chi connectivity index (χ1v) is 5.43. The summed E-state index contributed by atoms with van der Waals surface area (Å²) in [5, 5.41) is 8.76. The topological polar surface area (TPSA) is 59.3 Å². The maximum Gasteiger partial charge on any atom is 0.573 e. The summed E-state index contributed by atoms with van der Waals surface area (Å²) in [5.74, 6) is -1.76. The molecule has 0 fully saturated rings. The molecule has 102 valence electrons. The highest BCUT2D eigenvalue weighted by molar-refractivity contribution is 7.80. The highest BCUT2D eigenvalue weighted by Gasteiger charge is 2.33. The van der Waals surface area contributed by atoms with Gasteiger partial charge in [0.15, 0.2) is 0 Å². The Morgan fingerprint density at radius 2 is 2.11 bits per heavy atom. The maximum atomic E-state index is 12.2. The molecule has 0 amide bonds. The molecule has 1 aromatic carbocycles. The van der Waals surface area contributed by atoms with Crippen molar-refractivity contribution in [2.75, 3.05) is 6.61 Å². The zero-order valence-corrected chi connectivity index (χ0v) is 10.5. The molecule has 0 saturated heterocycles. The van der Waals surface area contributed by atoms with E-state index >= 15 is 0 Å². The first kappa shape index (κ1) is 15.2. The zero-order valence-electron chi connectivity index (χ0n) is 9.61. The van der Waals surface area contributed by atoms with E-state index in [1.165, 1.54) is 6.92 Å². The Kier molecular flexibility index (Phi) is 4.67. The molecule has 0 saturated carbocycles.